The zero-order valence-corrected chi connectivity index (χ0v) is 14.8. The third-order valence-electron chi connectivity index (χ3n) is 4.20. The molecule has 1 N–H and O–H groups in total. The molecule has 0 saturated carbocycles. The molecule has 0 unspecified atom stereocenters. The lowest BCUT2D eigenvalue weighted by atomic mass is 9.98. The largest absolute Gasteiger partial charge is 0.497 e. The average molecular weight is 346 g/mol. The Balaban J connectivity index is 1.47. The van der Waals surface area contributed by atoms with Crippen molar-refractivity contribution < 1.29 is 9.53 Å². The maximum atomic E-state index is 12.2. The van der Waals surface area contributed by atoms with Gasteiger partial charge in [-0.3, -0.25) is 9.69 Å². The molecule has 0 radical (unpaired) electrons. The first-order valence-electron chi connectivity index (χ1n) is 8.10. The van der Waals surface area contributed by atoms with E-state index in [2.05, 4.69) is 20.4 Å². The highest BCUT2D eigenvalue weighted by atomic mass is 32.1. The quantitative estimate of drug-likeness (QED) is 0.901. The van der Waals surface area contributed by atoms with Gasteiger partial charge in [0.05, 0.1) is 13.7 Å². The van der Waals surface area contributed by atoms with Crippen LogP contribution in [-0.2, 0) is 4.79 Å². The van der Waals surface area contributed by atoms with Crippen molar-refractivity contribution in [2.75, 3.05) is 32.1 Å². The number of piperidine rings is 1. The molecule has 3 rings (SSSR count). The molecular weight excluding hydrogens is 324 g/mol. The number of rotatable bonds is 5. The first-order valence-corrected chi connectivity index (χ1v) is 8.92. The molecule has 7 heteroatoms. The molecule has 2 heterocycles. The molecule has 1 aromatic carbocycles. The summed E-state index contributed by atoms with van der Waals surface area (Å²) in [5.74, 6) is 1.23. The number of ether oxygens (including phenoxy) is 1. The van der Waals surface area contributed by atoms with Crippen LogP contribution >= 0.6 is 11.3 Å². The number of benzene rings is 1. The topological polar surface area (TPSA) is 67.3 Å². The molecule has 0 bridgehead atoms. The summed E-state index contributed by atoms with van der Waals surface area (Å²) in [7, 11) is 1.62. The highest BCUT2D eigenvalue weighted by Gasteiger charge is 2.24. The Morgan fingerprint density at radius 2 is 2.17 bits per heavy atom. The Morgan fingerprint density at radius 1 is 1.38 bits per heavy atom. The fraction of sp³-hybridized carbons (Fsp3) is 0.471. The van der Waals surface area contributed by atoms with Crippen LogP contribution in [0.25, 0.3) is 0 Å². The molecule has 1 fully saturated rings. The molecule has 1 amide bonds. The van der Waals surface area contributed by atoms with Gasteiger partial charge in [-0.2, -0.15) is 0 Å². The maximum Gasteiger partial charge on any atom is 0.238 e. The van der Waals surface area contributed by atoms with Gasteiger partial charge in [0.15, 0.2) is 0 Å². The van der Waals surface area contributed by atoms with E-state index in [-0.39, 0.29) is 5.91 Å². The van der Waals surface area contributed by atoms with E-state index < -0.39 is 0 Å². The molecule has 0 atom stereocenters. The summed E-state index contributed by atoms with van der Waals surface area (Å²) in [5, 5.41) is 13.4. The Morgan fingerprint density at radius 3 is 2.83 bits per heavy atom. The molecule has 1 aromatic heterocycles. The Labute approximate surface area is 145 Å². The zero-order chi connectivity index (χ0) is 16.9. The van der Waals surface area contributed by atoms with Gasteiger partial charge < -0.3 is 10.1 Å². The van der Waals surface area contributed by atoms with E-state index in [4.69, 9.17) is 4.74 Å². The van der Waals surface area contributed by atoms with E-state index in [9.17, 15) is 4.79 Å². The molecule has 1 aliphatic heterocycles. The van der Waals surface area contributed by atoms with Crippen LogP contribution in [0.2, 0.25) is 0 Å². The van der Waals surface area contributed by atoms with Crippen molar-refractivity contribution in [3.8, 4) is 5.75 Å². The van der Waals surface area contributed by atoms with Crippen LogP contribution in [0, 0.1) is 6.92 Å². The van der Waals surface area contributed by atoms with Crippen molar-refractivity contribution in [3.05, 3.63) is 34.3 Å². The second-order valence-corrected chi connectivity index (χ2v) is 7.20. The van der Waals surface area contributed by atoms with E-state index in [0.29, 0.717) is 12.5 Å². The summed E-state index contributed by atoms with van der Waals surface area (Å²) in [4.78, 5) is 14.4. The van der Waals surface area contributed by atoms with Crippen LogP contribution in [0.4, 0.5) is 5.69 Å². The summed E-state index contributed by atoms with van der Waals surface area (Å²) in [5.41, 5.74) is 0.763. The molecule has 24 heavy (non-hydrogen) atoms. The number of methoxy groups -OCH3 is 1. The first kappa shape index (κ1) is 16.9. The fourth-order valence-corrected chi connectivity index (χ4v) is 3.79. The summed E-state index contributed by atoms with van der Waals surface area (Å²) < 4.78 is 5.17. The summed E-state index contributed by atoms with van der Waals surface area (Å²) in [6.07, 6.45) is 2.06. The highest BCUT2D eigenvalue weighted by molar-refractivity contribution is 7.11. The van der Waals surface area contributed by atoms with Gasteiger partial charge in [0, 0.05) is 17.7 Å². The van der Waals surface area contributed by atoms with Crippen LogP contribution in [-0.4, -0.2) is 47.7 Å². The molecule has 0 spiro atoms. The second kappa shape index (κ2) is 7.72. The van der Waals surface area contributed by atoms with Gasteiger partial charge in [0.25, 0.3) is 0 Å². The number of anilines is 1. The van der Waals surface area contributed by atoms with Crippen molar-refractivity contribution in [1.29, 1.82) is 0 Å². The molecule has 6 nitrogen and oxygen atoms in total. The zero-order valence-electron chi connectivity index (χ0n) is 14.0. The van der Waals surface area contributed by atoms with Crippen LogP contribution in [0.3, 0.4) is 0 Å². The molecule has 1 saturated heterocycles. The highest BCUT2D eigenvalue weighted by Crippen LogP contribution is 2.29. The number of carbonyl (C=O) groups is 1. The van der Waals surface area contributed by atoms with Gasteiger partial charge in [-0.25, -0.2) is 0 Å². The van der Waals surface area contributed by atoms with E-state index in [0.717, 1.165) is 47.4 Å². The smallest absolute Gasteiger partial charge is 0.238 e. The van der Waals surface area contributed by atoms with Gasteiger partial charge in [0.1, 0.15) is 15.8 Å². The van der Waals surface area contributed by atoms with Crippen LogP contribution < -0.4 is 10.1 Å². The maximum absolute atomic E-state index is 12.2. The molecule has 1 aliphatic rings. The van der Waals surface area contributed by atoms with E-state index in [1.165, 1.54) is 0 Å². The number of aryl methyl sites for hydroxylation is 1. The second-order valence-electron chi connectivity index (χ2n) is 5.99. The predicted octanol–water partition coefficient (Wildman–Crippen LogP) is 2.67. The minimum atomic E-state index is 0.00784. The molecule has 2 aromatic rings. The normalized spacial score (nSPS) is 16.1. The van der Waals surface area contributed by atoms with Gasteiger partial charge >= 0.3 is 0 Å². The van der Waals surface area contributed by atoms with Gasteiger partial charge in [-0.05, 0) is 45.0 Å². The monoisotopic (exact) mass is 346 g/mol. The lowest BCUT2D eigenvalue weighted by Crippen LogP contribution is -2.38. The van der Waals surface area contributed by atoms with Crippen LogP contribution in [0.15, 0.2) is 24.3 Å². The minimum absolute atomic E-state index is 0.00784. The number of nitrogens with zero attached hydrogens (tertiary/aromatic N) is 3. The Hall–Kier alpha value is -1.99. The molecule has 128 valence electrons. The van der Waals surface area contributed by atoms with Gasteiger partial charge in [-0.15, -0.1) is 21.5 Å². The third-order valence-corrected chi connectivity index (χ3v) is 5.20. The Bertz CT molecular complexity index is 695. The van der Waals surface area contributed by atoms with Crippen molar-refractivity contribution in [2.24, 2.45) is 0 Å². The summed E-state index contributed by atoms with van der Waals surface area (Å²) >= 11 is 1.68. The standard InChI is InChI=1S/C17H22N4O2S/c1-12-19-20-17(24-12)13-6-8-21(9-7-13)11-16(22)18-14-4-3-5-15(10-14)23-2/h3-5,10,13H,6-9,11H2,1-2H3,(H,18,22). The van der Waals surface area contributed by atoms with Crippen molar-refractivity contribution in [2.45, 2.75) is 25.7 Å². The van der Waals surface area contributed by atoms with E-state index in [1.54, 1.807) is 18.4 Å². The first-order chi connectivity index (χ1) is 11.6. The van der Waals surface area contributed by atoms with Gasteiger partial charge in [0.2, 0.25) is 5.91 Å². The third kappa shape index (κ3) is 4.30. The number of carbonyl (C=O) groups excluding carboxylic acids is 1. The molecular formula is C17H22N4O2S. The number of hydrogen-bond acceptors (Lipinski definition) is 6. The van der Waals surface area contributed by atoms with Crippen LogP contribution in [0.5, 0.6) is 5.75 Å². The van der Waals surface area contributed by atoms with Crippen molar-refractivity contribution in [3.63, 3.8) is 0 Å². The van der Waals surface area contributed by atoms with Crippen molar-refractivity contribution >= 4 is 22.9 Å². The van der Waals surface area contributed by atoms with E-state index >= 15 is 0 Å². The van der Waals surface area contributed by atoms with Gasteiger partial charge in [-0.1, -0.05) is 6.07 Å². The lowest BCUT2D eigenvalue weighted by molar-refractivity contribution is -0.117. The average Bonchev–Trinajstić information content (AvgIpc) is 3.02. The minimum Gasteiger partial charge on any atom is -0.497 e. The number of aromatic nitrogens is 2. The number of amides is 1. The summed E-state index contributed by atoms with van der Waals surface area (Å²) in [6, 6.07) is 7.41. The predicted molar refractivity (Wildman–Crippen MR) is 94.7 cm³/mol. The Kier molecular flexibility index (Phi) is 5.42. The number of nitrogens with one attached hydrogen (secondary N) is 1. The lowest BCUT2D eigenvalue weighted by Gasteiger charge is -2.30. The molecule has 0 aliphatic carbocycles. The van der Waals surface area contributed by atoms with Crippen LogP contribution in [0.1, 0.15) is 28.8 Å². The summed E-state index contributed by atoms with van der Waals surface area (Å²) in [6.45, 7) is 4.22. The number of likely N-dealkylation sites (tertiary alicyclic amines) is 1. The number of hydrogen-bond donors (Lipinski definition) is 1. The van der Waals surface area contributed by atoms with E-state index in [1.807, 2.05) is 31.2 Å². The SMILES string of the molecule is COc1cccc(NC(=O)CN2CCC(c3nnc(C)s3)CC2)c1. The van der Waals surface area contributed by atoms with Crippen molar-refractivity contribution in [1.82, 2.24) is 15.1 Å². The fourth-order valence-electron chi connectivity index (χ4n) is 2.92.